The average molecular weight is 161 g/mol. The van der Waals surface area contributed by atoms with E-state index < -0.39 is 17.7 Å². The predicted octanol–water partition coefficient (Wildman–Crippen LogP) is -0.231. The van der Waals surface area contributed by atoms with Gasteiger partial charge in [0, 0.05) is 0 Å². The van der Waals surface area contributed by atoms with Gasteiger partial charge in [0.15, 0.2) is 0 Å². The third-order valence-corrected chi connectivity index (χ3v) is 0.791. The van der Waals surface area contributed by atoms with Crippen molar-refractivity contribution in [1.82, 2.24) is 0 Å². The summed E-state index contributed by atoms with van der Waals surface area (Å²) in [6, 6.07) is 0. The first kappa shape index (κ1) is 9.90. The number of carbonyl (C=O) groups excluding carboxylic acids is 2. The molecule has 1 amide bonds. The summed E-state index contributed by atoms with van der Waals surface area (Å²) in [5.41, 5.74) is 3.37. The van der Waals surface area contributed by atoms with Gasteiger partial charge in [-0.2, -0.15) is 0 Å². The summed E-state index contributed by atoms with van der Waals surface area (Å²) in [5, 5.41) is 9.05. The van der Waals surface area contributed by atoms with Crippen LogP contribution >= 0.6 is 0 Å². The Morgan fingerprint density at radius 1 is 1.55 bits per heavy atom. The molecular weight excluding hydrogens is 150 g/mol. The smallest absolute Gasteiger partial charge is 0.390 e. The van der Waals surface area contributed by atoms with Crippen molar-refractivity contribution in [2.24, 2.45) is 5.73 Å². The van der Waals surface area contributed by atoms with Crippen LogP contribution in [-0.2, 0) is 9.53 Å². The molecule has 3 N–H and O–H groups in total. The molecular formula is C6H11NO4. The molecule has 5 nitrogen and oxygen atoms in total. The van der Waals surface area contributed by atoms with E-state index in [4.69, 9.17) is 5.11 Å². The Balaban J connectivity index is 3.80. The normalized spacial score (nSPS) is 10.8. The van der Waals surface area contributed by atoms with E-state index in [1.54, 1.807) is 0 Å². The lowest BCUT2D eigenvalue weighted by atomic mass is 10.1. The predicted molar refractivity (Wildman–Crippen MR) is 36.6 cm³/mol. The summed E-state index contributed by atoms with van der Waals surface area (Å²) in [4.78, 5) is 20.6. The highest BCUT2D eigenvalue weighted by molar-refractivity contribution is 5.83. The second-order valence-electron chi connectivity index (χ2n) is 2.78. The molecule has 0 atom stereocenters. The van der Waals surface area contributed by atoms with E-state index in [1.165, 1.54) is 13.8 Å². The van der Waals surface area contributed by atoms with E-state index in [1.807, 2.05) is 0 Å². The zero-order valence-electron chi connectivity index (χ0n) is 6.46. The maximum Gasteiger partial charge on any atom is 0.412 e. The molecule has 0 bridgehead atoms. The van der Waals surface area contributed by atoms with Crippen molar-refractivity contribution in [3.8, 4) is 0 Å². The lowest BCUT2D eigenvalue weighted by Gasteiger charge is -2.13. The monoisotopic (exact) mass is 161 g/mol. The van der Waals surface area contributed by atoms with Crippen molar-refractivity contribution < 1.29 is 19.4 Å². The van der Waals surface area contributed by atoms with Crippen LogP contribution in [0.1, 0.15) is 20.3 Å². The van der Waals surface area contributed by atoms with Crippen molar-refractivity contribution in [2.45, 2.75) is 25.9 Å². The number of hydrogen-bond acceptors (Lipinski definition) is 4. The number of carbonyl (C=O) groups is 2. The van der Waals surface area contributed by atoms with Crippen molar-refractivity contribution in [1.29, 1.82) is 0 Å². The van der Waals surface area contributed by atoms with Gasteiger partial charge in [0.05, 0.1) is 12.0 Å². The van der Waals surface area contributed by atoms with Gasteiger partial charge >= 0.3 is 12.1 Å². The molecule has 0 aliphatic heterocycles. The average Bonchev–Trinajstić information content (AvgIpc) is 1.53. The molecule has 0 saturated carbocycles. The minimum atomic E-state index is -1.17. The Hall–Kier alpha value is -1.10. The van der Waals surface area contributed by atoms with Gasteiger partial charge in [-0.25, -0.2) is 4.79 Å². The summed E-state index contributed by atoms with van der Waals surface area (Å²) in [5.74, 6) is -0.829. The van der Waals surface area contributed by atoms with E-state index in [2.05, 4.69) is 10.5 Å². The highest BCUT2D eigenvalue weighted by Crippen LogP contribution is 2.07. The van der Waals surface area contributed by atoms with Crippen LogP contribution in [0.25, 0.3) is 0 Å². The molecule has 64 valence electrons. The molecule has 0 aromatic carbocycles. The minimum Gasteiger partial charge on any atom is -0.390 e. The summed E-state index contributed by atoms with van der Waals surface area (Å²) in [7, 11) is 0. The molecule has 5 heteroatoms. The van der Waals surface area contributed by atoms with Crippen LogP contribution in [0.3, 0.4) is 0 Å². The Labute approximate surface area is 64.1 Å². The molecule has 0 heterocycles. The van der Waals surface area contributed by atoms with E-state index in [0.717, 1.165) is 0 Å². The molecule has 0 rings (SSSR count). The molecule has 0 saturated heterocycles. The number of esters is 1. The lowest BCUT2D eigenvalue weighted by Crippen LogP contribution is -2.27. The molecule has 0 aromatic rings. The van der Waals surface area contributed by atoms with Crippen LogP contribution in [0.2, 0.25) is 0 Å². The van der Waals surface area contributed by atoms with E-state index in [0.29, 0.717) is 0 Å². The summed E-state index contributed by atoms with van der Waals surface area (Å²) >= 11 is 0. The molecule has 11 heavy (non-hydrogen) atoms. The largest absolute Gasteiger partial charge is 0.412 e. The van der Waals surface area contributed by atoms with Crippen LogP contribution in [-0.4, -0.2) is 22.8 Å². The van der Waals surface area contributed by atoms with E-state index in [9.17, 15) is 9.59 Å². The second kappa shape index (κ2) is 3.34. The first-order valence-electron chi connectivity index (χ1n) is 3.04. The molecule has 0 unspecified atom stereocenters. The molecule has 0 fully saturated rings. The summed E-state index contributed by atoms with van der Waals surface area (Å²) in [6.07, 6.45) is -1.41. The van der Waals surface area contributed by atoms with Gasteiger partial charge in [0.25, 0.3) is 0 Å². The maximum atomic E-state index is 10.6. The Morgan fingerprint density at radius 3 is 2.27 bits per heavy atom. The highest BCUT2D eigenvalue weighted by Gasteiger charge is 2.20. The quantitative estimate of drug-likeness (QED) is 0.432. The first-order chi connectivity index (χ1) is 4.81. The van der Waals surface area contributed by atoms with Crippen molar-refractivity contribution in [3.05, 3.63) is 0 Å². The Bertz CT molecular complexity index is 170. The minimum absolute atomic E-state index is 0.254. The number of aliphatic hydroxyl groups is 1. The fourth-order valence-corrected chi connectivity index (χ4v) is 0.502. The Morgan fingerprint density at radius 2 is 2.00 bits per heavy atom. The van der Waals surface area contributed by atoms with Gasteiger partial charge in [-0.1, -0.05) is 0 Å². The molecule has 0 aromatic heterocycles. The number of amides is 1. The fraction of sp³-hybridized carbons (Fsp3) is 0.667. The lowest BCUT2D eigenvalue weighted by molar-refractivity contribution is -0.141. The van der Waals surface area contributed by atoms with Gasteiger partial charge in [-0.05, 0) is 13.8 Å². The maximum absolute atomic E-state index is 10.6. The third kappa shape index (κ3) is 6.79. The highest BCUT2D eigenvalue weighted by atomic mass is 16.6. The molecule has 0 aliphatic carbocycles. The number of rotatable bonds is 2. The second-order valence-corrected chi connectivity index (χ2v) is 2.78. The number of primary amides is 1. The molecule has 0 aliphatic rings. The van der Waals surface area contributed by atoms with Crippen LogP contribution in [0, 0.1) is 0 Å². The van der Waals surface area contributed by atoms with E-state index >= 15 is 0 Å². The topological polar surface area (TPSA) is 89.6 Å². The van der Waals surface area contributed by atoms with Gasteiger partial charge in [-0.3, -0.25) is 4.79 Å². The fourth-order valence-electron chi connectivity index (χ4n) is 0.502. The van der Waals surface area contributed by atoms with Crippen LogP contribution in [0.4, 0.5) is 4.79 Å². The number of nitrogens with two attached hydrogens (primary N) is 1. The molecule has 0 spiro atoms. The van der Waals surface area contributed by atoms with Crippen LogP contribution in [0.15, 0.2) is 0 Å². The summed E-state index contributed by atoms with van der Waals surface area (Å²) < 4.78 is 3.97. The van der Waals surface area contributed by atoms with Crippen LogP contribution in [0.5, 0.6) is 0 Å². The standard InChI is InChI=1S/C6H11NO4/c1-6(2,10)3-4(8)11-5(7)9/h10H,3H2,1-2H3,(H2,7,9). The van der Waals surface area contributed by atoms with Gasteiger partial charge in [0.2, 0.25) is 0 Å². The van der Waals surface area contributed by atoms with Crippen molar-refractivity contribution in [2.75, 3.05) is 0 Å². The Kier molecular flexibility index (Phi) is 3.00. The zero-order valence-corrected chi connectivity index (χ0v) is 6.46. The molecule has 0 radical (unpaired) electrons. The number of ether oxygens (including phenoxy) is 1. The van der Waals surface area contributed by atoms with Crippen molar-refractivity contribution >= 4 is 12.1 Å². The summed E-state index contributed by atoms with van der Waals surface area (Å²) in [6.45, 7) is 2.85. The van der Waals surface area contributed by atoms with E-state index in [-0.39, 0.29) is 6.42 Å². The van der Waals surface area contributed by atoms with Gasteiger partial charge in [0.1, 0.15) is 0 Å². The van der Waals surface area contributed by atoms with Gasteiger partial charge < -0.3 is 15.6 Å². The zero-order chi connectivity index (χ0) is 9.07. The number of hydrogen-bond donors (Lipinski definition) is 2. The first-order valence-corrected chi connectivity index (χ1v) is 3.04. The third-order valence-electron chi connectivity index (χ3n) is 0.791. The van der Waals surface area contributed by atoms with Gasteiger partial charge in [-0.15, -0.1) is 0 Å². The van der Waals surface area contributed by atoms with Crippen LogP contribution < -0.4 is 5.73 Å². The SMILES string of the molecule is CC(C)(O)CC(=O)OC(N)=O. The van der Waals surface area contributed by atoms with Crippen molar-refractivity contribution in [3.63, 3.8) is 0 Å².